The van der Waals surface area contributed by atoms with E-state index in [0.717, 1.165) is 0 Å². The van der Waals surface area contributed by atoms with Gasteiger partial charge in [-0.15, -0.1) is 6.58 Å². The van der Waals surface area contributed by atoms with Crippen LogP contribution in [0.15, 0.2) is 12.7 Å². The quantitative estimate of drug-likeness (QED) is 0.487. The Morgan fingerprint density at radius 3 is 2.69 bits per heavy atom. The molecular weight excluding hydrogens is 172 g/mol. The van der Waals surface area contributed by atoms with Gasteiger partial charge in [0.1, 0.15) is 0 Å². The molecule has 74 valence electrons. The molecule has 0 aliphatic rings. The summed E-state index contributed by atoms with van der Waals surface area (Å²) in [4.78, 5) is 21.1. The SMILES string of the molecule is C=CCC(N)C(=O)NCCC(=O)O. The summed E-state index contributed by atoms with van der Waals surface area (Å²) in [7, 11) is 0. The normalized spacial score (nSPS) is 11.8. The summed E-state index contributed by atoms with van der Waals surface area (Å²) < 4.78 is 0. The van der Waals surface area contributed by atoms with Crippen molar-refractivity contribution in [1.82, 2.24) is 5.32 Å². The van der Waals surface area contributed by atoms with Gasteiger partial charge in [-0.25, -0.2) is 0 Å². The summed E-state index contributed by atoms with van der Waals surface area (Å²) in [5, 5.41) is 10.7. The highest BCUT2D eigenvalue weighted by Gasteiger charge is 2.10. The smallest absolute Gasteiger partial charge is 0.305 e. The first-order chi connectivity index (χ1) is 6.07. The zero-order valence-corrected chi connectivity index (χ0v) is 7.32. The number of nitrogens with one attached hydrogen (secondary N) is 1. The molecule has 0 aliphatic carbocycles. The molecule has 0 radical (unpaired) electrons. The van der Waals surface area contributed by atoms with E-state index in [9.17, 15) is 9.59 Å². The van der Waals surface area contributed by atoms with E-state index < -0.39 is 12.0 Å². The van der Waals surface area contributed by atoms with Crippen molar-refractivity contribution >= 4 is 11.9 Å². The predicted octanol–water partition coefficient (Wildman–Crippen LogP) is -0.519. The van der Waals surface area contributed by atoms with E-state index in [1.165, 1.54) is 0 Å². The summed E-state index contributed by atoms with van der Waals surface area (Å²) in [5.74, 6) is -1.29. The maximum absolute atomic E-state index is 11.0. The van der Waals surface area contributed by atoms with Crippen molar-refractivity contribution in [2.45, 2.75) is 18.9 Å². The molecule has 0 rings (SSSR count). The Morgan fingerprint density at radius 2 is 2.23 bits per heavy atom. The minimum atomic E-state index is -0.947. The molecule has 13 heavy (non-hydrogen) atoms. The third-order valence-corrected chi connectivity index (χ3v) is 1.40. The maximum Gasteiger partial charge on any atom is 0.305 e. The van der Waals surface area contributed by atoms with E-state index in [-0.39, 0.29) is 18.9 Å². The molecule has 0 heterocycles. The van der Waals surface area contributed by atoms with Crippen LogP contribution in [0.4, 0.5) is 0 Å². The van der Waals surface area contributed by atoms with Crippen LogP contribution >= 0.6 is 0 Å². The van der Waals surface area contributed by atoms with E-state index >= 15 is 0 Å². The molecule has 0 aromatic heterocycles. The average Bonchev–Trinajstić information content (AvgIpc) is 2.04. The monoisotopic (exact) mass is 186 g/mol. The van der Waals surface area contributed by atoms with Crippen LogP contribution in [-0.2, 0) is 9.59 Å². The molecule has 0 saturated carbocycles. The van der Waals surface area contributed by atoms with Crippen molar-refractivity contribution in [3.8, 4) is 0 Å². The van der Waals surface area contributed by atoms with Crippen LogP contribution in [0.2, 0.25) is 0 Å². The highest BCUT2D eigenvalue weighted by atomic mass is 16.4. The zero-order valence-electron chi connectivity index (χ0n) is 7.32. The molecule has 0 aliphatic heterocycles. The van der Waals surface area contributed by atoms with Crippen LogP contribution in [0.25, 0.3) is 0 Å². The largest absolute Gasteiger partial charge is 0.481 e. The summed E-state index contributed by atoms with van der Waals surface area (Å²) in [6.07, 6.45) is 1.84. The molecule has 0 aromatic rings. The number of carboxylic acid groups (broad SMARTS) is 1. The fourth-order valence-electron chi connectivity index (χ4n) is 0.710. The minimum Gasteiger partial charge on any atom is -0.481 e. The number of rotatable bonds is 6. The van der Waals surface area contributed by atoms with Gasteiger partial charge in [-0.1, -0.05) is 6.08 Å². The van der Waals surface area contributed by atoms with Gasteiger partial charge < -0.3 is 16.2 Å². The van der Waals surface area contributed by atoms with Crippen molar-refractivity contribution < 1.29 is 14.7 Å². The Morgan fingerprint density at radius 1 is 1.62 bits per heavy atom. The number of hydrogen-bond acceptors (Lipinski definition) is 3. The fourth-order valence-corrected chi connectivity index (χ4v) is 0.710. The van der Waals surface area contributed by atoms with Gasteiger partial charge in [-0.3, -0.25) is 9.59 Å². The second-order valence-electron chi connectivity index (χ2n) is 2.57. The number of carbonyl (C=O) groups is 2. The van der Waals surface area contributed by atoms with E-state index in [2.05, 4.69) is 11.9 Å². The van der Waals surface area contributed by atoms with Crippen molar-refractivity contribution in [1.29, 1.82) is 0 Å². The molecule has 0 spiro atoms. The van der Waals surface area contributed by atoms with Gasteiger partial charge in [0.25, 0.3) is 0 Å². The minimum absolute atomic E-state index is 0.0907. The standard InChI is InChI=1S/C8H14N2O3/c1-2-3-6(9)8(13)10-5-4-7(11)12/h2,6H,1,3-5,9H2,(H,10,13)(H,11,12). The van der Waals surface area contributed by atoms with E-state index in [4.69, 9.17) is 10.8 Å². The van der Waals surface area contributed by atoms with Gasteiger partial charge >= 0.3 is 5.97 Å². The van der Waals surface area contributed by atoms with Gasteiger partial charge in [0.05, 0.1) is 12.5 Å². The lowest BCUT2D eigenvalue weighted by Crippen LogP contribution is -2.40. The van der Waals surface area contributed by atoms with E-state index in [0.29, 0.717) is 6.42 Å². The number of hydrogen-bond donors (Lipinski definition) is 3. The number of nitrogens with two attached hydrogens (primary N) is 1. The zero-order chi connectivity index (χ0) is 10.3. The third-order valence-electron chi connectivity index (χ3n) is 1.40. The molecule has 4 N–H and O–H groups in total. The molecule has 5 heteroatoms. The van der Waals surface area contributed by atoms with Gasteiger partial charge in [0, 0.05) is 6.54 Å². The lowest BCUT2D eigenvalue weighted by molar-refractivity contribution is -0.136. The number of aliphatic carboxylic acids is 1. The number of carbonyl (C=O) groups excluding carboxylic acids is 1. The fraction of sp³-hybridized carbons (Fsp3) is 0.500. The second-order valence-corrected chi connectivity index (χ2v) is 2.57. The van der Waals surface area contributed by atoms with Crippen LogP contribution < -0.4 is 11.1 Å². The molecule has 5 nitrogen and oxygen atoms in total. The molecule has 1 amide bonds. The van der Waals surface area contributed by atoms with Crippen LogP contribution in [-0.4, -0.2) is 29.6 Å². The van der Waals surface area contributed by atoms with Crippen molar-refractivity contribution in [2.24, 2.45) is 5.73 Å². The first kappa shape index (κ1) is 11.6. The van der Waals surface area contributed by atoms with Crippen LogP contribution in [0.5, 0.6) is 0 Å². The molecule has 1 unspecified atom stereocenters. The van der Waals surface area contributed by atoms with Gasteiger partial charge in [-0.2, -0.15) is 0 Å². The predicted molar refractivity (Wildman–Crippen MR) is 48.1 cm³/mol. The van der Waals surface area contributed by atoms with E-state index in [1.807, 2.05) is 0 Å². The average molecular weight is 186 g/mol. The Hall–Kier alpha value is -1.36. The molecule has 0 aromatic carbocycles. The molecule has 0 bridgehead atoms. The van der Waals surface area contributed by atoms with Gasteiger partial charge in [0.15, 0.2) is 0 Å². The van der Waals surface area contributed by atoms with E-state index in [1.54, 1.807) is 6.08 Å². The Balaban J connectivity index is 3.61. The first-order valence-electron chi connectivity index (χ1n) is 3.94. The van der Waals surface area contributed by atoms with Crippen LogP contribution in [0.3, 0.4) is 0 Å². The first-order valence-corrected chi connectivity index (χ1v) is 3.94. The Kier molecular flexibility index (Phi) is 5.54. The number of amides is 1. The Labute approximate surface area is 76.6 Å². The highest BCUT2D eigenvalue weighted by Crippen LogP contribution is 1.88. The van der Waals surface area contributed by atoms with Gasteiger partial charge in [-0.05, 0) is 6.42 Å². The lowest BCUT2D eigenvalue weighted by atomic mass is 10.2. The molecule has 1 atom stereocenters. The third kappa shape index (κ3) is 5.86. The topological polar surface area (TPSA) is 92.4 Å². The van der Waals surface area contributed by atoms with Gasteiger partial charge in [0.2, 0.25) is 5.91 Å². The summed E-state index contributed by atoms with van der Waals surface area (Å²) in [5.41, 5.74) is 5.41. The second kappa shape index (κ2) is 6.19. The van der Waals surface area contributed by atoms with Crippen molar-refractivity contribution in [2.75, 3.05) is 6.54 Å². The molecular formula is C8H14N2O3. The summed E-state index contributed by atoms with van der Waals surface area (Å²) >= 11 is 0. The summed E-state index contributed by atoms with van der Waals surface area (Å²) in [6.45, 7) is 3.55. The maximum atomic E-state index is 11.0. The number of carboxylic acids is 1. The lowest BCUT2D eigenvalue weighted by Gasteiger charge is -2.08. The Bertz CT molecular complexity index is 204. The summed E-state index contributed by atoms with van der Waals surface area (Å²) in [6, 6.07) is -0.633. The molecule has 0 fully saturated rings. The van der Waals surface area contributed by atoms with Crippen LogP contribution in [0, 0.1) is 0 Å². The molecule has 0 saturated heterocycles. The highest BCUT2D eigenvalue weighted by molar-refractivity contribution is 5.82. The van der Waals surface area contributed by atoms with Crippen molar-refractivity contribution in [3.63, 3.8) is 0 Å². The van der Waals surface area contributed by atoms with Crippen molar-refractivity contribution in [3.05, 3.63) is 12.7 Å². The van der Waals surface area contributed by atoms with Crippen LogP contribution in [0.1, 0.15) is 12.8 Å².